The summed E-state index contributed by atoms with van der Waals surface area (Å²) >= 11 is 0. The Hall–Kier alpha value is -4.20. The van der Waals surface area contributed by atoms with Crippen LogP contribution < -0.4 is 0 Å². The van der Waals surface area contributed by atoms with Crippen LogP contribution in [0.3, 0.4) is 0 Å². The van der Waals surface area contributed by atoms with Gasteiger partial charge in [0.15, 0.2) is 0 Å². The lowest BCUT2D eigenvalue weighted by molar-refractivity contribution is -0.140. The summed E-state index contributed by atoms with van der Waals surface area (Å²) in [5.74, 6) is -2.11. The molecule has 1 atom stereocenters. The molecule has 186 valence electrons. The fourth-order valence-electron chi connectivity index (χ4n) is 4.69. The van der Waals surface area contributed by atoms with E-state index in [1.165, 1.54) is 12.0 Å². The molecule has 0 saturated carbocycles. The highest BCUT2D eigenvalue weighted by molar-refractivity contribution is 6.46. The molecule has 2 aromatic heterocycles. The van der Waals surface area contributed by atoms with E-state index in [4.69, 9.17) is 4.74 Å². The number of carbonyl (C=O) groups excluding carboxylic acids is 3. The van der Waals surface area contributed by atoms with E-state index >= 15 is 0 Å². The Kier molecular flexibility index (Phi) is 6.79. The highest BCUT2D eigenvalue weighted by atomic mass is 16.5. The summed E-state index contributed by atoms with van der Waals surface area (Å²) < 4.78 is 4.83. The van der Waals surface area contributed by atoms with Crippen LogP contribution in [0.15, 0.2) is 54.4 Å². The summed E-state index contributed by atoms with van der Waals surface area (Å²) in [6, 6.07) is 10.5. The molecule has 1 amide bonds. The van der Waals surface area contributed by atoms with Gasteiger partial charge in [-0.05, 0) is 48.1 Å². The monoisotopic (exact) mass is 487 g/mol. The third-order valence-corrected chi connectivity index (χ3v) is 6.60. The van der Waals surface area contributed by atoms with Gasteiger partial charge in [0.05, 0.1) is 18.7 Å². The number of aliphatic hydroxyl groups excluding tert-OH is 1. The van der Waals surface area contributed by atoms with Crippen molar-refractivity contribution in [2.75, 3.05) is 7.11 Å². The minimum atomic E-state index is -0.818. The number of hydrogen-bond donors (Lipinski definition) is 2. The van der Waals surface area contributed by atoms with Crippen LogP contribution in [-0.4, -0.2) is 44.7 Å². The van der Waals surface area contributed by atoms with Crippen molar-refractivity contribution in [1.29, 1.82) is 0 Å². The molecule has 8 heteroatoms. The Bertz CT molecular complexity index is 1350. The lowest BCUT2D eigenvalue weighted by Crippen LogP contribution is -2.29. The smallest absolute Gasteiger partial charge is 0.354 e. The number of aliphatic hydroxyl groups is 1. The van der Waals surface area contributed by atoms with E-state index in [0.29, 0.717) is 28.3 Å². The van der Waals surface area contributed by atoms with Gasteiger partial charge in [-0.25, -0.2) is 4.79 Å². The second kappa shape index (κ2) is 9.81. The second-order valence-electron chi connectivity index (χ2n) is 9.23. The van der Waals surface area contributed by atoms with E-state index in [0.717, 1.165) is 11.1 Å². The number of amides is 1. The second-order valence-corrected chi connectivity index (χ2v) is 9.23. The van der Waals surface area contributed by atoms with E-state index in [1.54, 1.807) is 32.3 Å². The summed E-state index contributed by atoms with van der Waals surface area (Å²) in [6.07, 6.45) is 3.28. The van der Waals surface area contributed by atoms with Crippen LogP contribution in [0, 0.1) is 13.8 Å². The molecule has 3 aromatic rings. The van der Waals surface area contributed by atoms with Crippen molar-refractivity contribution in [2.45, 2.75) is 46.2 Å². The van der Waals surface area contributed by atoms with E-state index in [9.17, 15) is 19.5 Å². The van der Waals surface area contributed by atoms with E-state index in [2.05, 4.69) is 23.8 Å². The highest BCUT2D eigenvalue weighted by Crippen LogP contribution is 2.41. The molecule has 1 fully saturated rings. The summed E-state index contributed by atoms with van der Waals surface area (Å²) in [6.45, 7) is 7.65. The van der Waals surface area contributed by atoms with E-state index < -0.39 is 23.7 Å². The van der Waals surface area contributed by atoms with Crippen LogP contribution in [0.5, 0.6) is 0 Å². The van der Waals surface area contributed by atoms with Crippen molar-refractivity contribution in [3.8, 4) is 0 Å². The third kappa shape index (κ3) is 4.30. The number of ketones is 1. The topological polar surface area (TPSA) is 113 Å². The predicted octanol–water partition coefficient (Wildman–Crippen LogP) is 4.56. The number of rotatable bonds is 6. The predicted molar refractivity (Wildman–Crippen MR) is 134 cm³/mol. The molecule has 1 aromatic carbocycles. The lowest BCUT2D eigenvalue weighted by Gasteiger charge is -2.25. The SMILES string of the molecule is COC(=O)c1[nH]c(C)c(C(O)=C2C(=O)C(=O)N(Cc3cccnc3)[C@@H]2c2ccc(C(C)C)cc2)c1C. The van der Waals surface area contributed by atoms with Gasteiger partial charge in [0, 0.05) is 30.2 Å². The summed E-state index contributed by atoms with van der Waals surface area (Å²) in [4.78, 5) is 47.4. The molecule has 0 radical (unpaired) electrons. The molecule has 1 aliphatic rings. The van der Waals surface area contributed by atoms with Crippen molar-refractivity contribution in [3.05, 3.63) is 93.6 Å². The van der Waals surface area contributed by atoms with Crippen molar-refractivity contribution in [1.82, 2.24) is 14.9 Å². The van der Waals surface area contributed by atoms with Crippen molar-refractivity contribution in [2.24, 2.45) is 0 Å². The number of nitrogens with zero attached hydrogens (tertiary/aromatic N) is 2. The van der Waals surface area contributed by atoms with Gasteiger partial charge in [-0.3, -0.25) is 14.6 Å². The maximum absolute atomic E-state index is 13.4. The summed E-state index contributed by atoms with van der Waals surface area (Å²) in [5.41, 5.74) is 3.94. The number of nitrogens with one attached hydrogen (secondary N) is 1. The fourth-order valence-corrected chi connectivity index (χ4v) is 4.69. The Morgan fingerprint density at radius 2 is 1.86 bits per heavy atom. The van der Waals surface area contributed by atoms with Crippen LogP contribution in [0.2, 0.25) is 0 Å². The maximum Gasteiger partial charge on any atom is 0.354 e. The standard InChI is InChI=1S/C28H29N3O5/c1-15(2)19-8-10-20(11-9-19)24-22(25(32)21-16(3)23(28(35)36-5)30-17(21)4)26(33)27(34)31(24)14-18-7-6-12-29-13-18/h6-13,15,24,30,32H,14H2,1-5H3/t24-/m1/s1. The zero-order chi connectivity index (χ0) is 26.1. The molecule has 1 saturated heterocycles. The molecular weight excluding hydrogens is 458 g/mol. The molecule has 36 heavy (non-hydrogen) atoms. The number of aromatic amines is 1. The zero-order valence-electron chi connectivity index (χ0n) is 21.0. The average molecular weight is 488 g/mol. The molecule has 0 bridgehead atoms. The van der Waals surface area contributed by atoms with Gasteiger partial charge >= 0.3 is 5.97 Å². The number of H-pyrrole nitrogens is 1. The summed E-state index contributed by atoms with van der Waals surface area (Å²) in [7, 11) is 1.27. The first-order valence-electron chi connectivity index (χ1n) is 11.7. The Balaban J connectivity index is 1.90. The minimum absolute atomic E-state index is 0.0252. The highest BCUT2D eigenvalue weighted by Gasteiger charge is 2.46. The minimum Gasteiger partial charge on any atom is -0.507 e. The quantitative estimate of drug-likeness (QED) is 0.228. The van der Waals surface area contributed by atoms with E-state index in [1.807, 2.05) is 30.3 Å². The van der Waals surface area contributed by atoms with Gasteiger partial charge in [0.1, 0.15) is 11.5 Å². The first kappa shape index (κ1) is 24.9. The largest absolute Gasteiger partial charge is 0.507 e. The van der Waals surface area contributed by atoms with E-state index in [-0.39, 0.29) is 23.6 Å². The fraction of sp³-hybridized carbons (Fsp3) is 0.286. The number of ether oxygens (including phenoxy) is 1. The number of aromatic nitrogens is 2. The Morgan fingerprint density at radius 1 is 1.17 bits per heavy atom. The molecule has 8 nitrogen and oxygen atoms in total. The third-order valence-electron chi connectivity index (χ3n) is 6.60. The Morgan fingerprint density at radius 3 is 2.44 bits per heavy atom. The van der Waals surface area contributed by atoms with Gasteiger partial charge in [-0.15, -0.1) is 0 Å². The number of Topliss-reactive ketones (excluding diaryl/α,β-unsaturated/α-hetero) is 1. The normalized spacial score (nSPS) is 17.2. The maximum atomic E-state index is 13.4. The molecule has 0 aliphatic carbocycles. The molecule has 1 aliphatic heterocycles. The zero-order valence-corrected chi connectivity index (χ0v) is 21.0. The number of esters is 1. The van der Waals surface area contributed by atoms with Gasteiger partial charge < -0.3 is 19.7 Å². The number of pyridine rings is 1. The number of likely N-dealkylation sites (tertiary alicyclic amines) is 1. The van der Waals surface area contributed by atoms with Crippen LogP contribution >= 0.6 is 0 Å². The Labute approximate surface area is 209 Å². The van der Waals surface area contributed by atoms with Crippen LogP contribution in [0.4, 0.5) is 0 Å². The van der Waals surface area contributed by atoms with Crippen molar-refractivity contribution >= 4 is 23.4 Å². The molecular formula is C28H29N3O5. The number of carbonyl (C=O) groups is 3. The van der Waals surface area contributed by atoms with Gasteiger partial charge in [0.25, 0.3) is 11.7 Å². The van der Waals surface area contributed by atoms with Gasteiger partial charge in [-0.1, -0.05) is 44.2 Å². The molecule has 0 spiro atoms. The van der Waals surface area contributed by atoms with Crippen molar-refractivity contribution in [3.63, 3.8) is 0 Å². The summed E-state index contributed by atoms with van der Waals surface area (Å²) in [5, 5.41) is 11.5. The number of benzene rings is 1. The number of methoxy groups -OCH3 is 1. The first-order valence-corrected chi connectivity index (χ1v) is 11.7. The molecule has 4 rings (SSSR count). The average Bonchev–Trinajstić information content (AvgIpc) is 3.31. The lowest BCUT2D eigenvalue weighted by atomic mass is 9.92. The molecule has 3 heterocycles. The van der Waals surface area contributed by atoms with Gasteiger partial charge in [0.2, 0.25) is 0 Å². The van der Waals surface area contributed by atoms with Crippen LogP contribution in [-0.2, 0) is 20.9 Å². The molecule has 0 unspecified atom stereocenters. The van der Waals surface area contributed by atoms with Gasteiger partial charge in [-0.2, -0.15) is 0 Å². The number of hydrogen-bond acceptors (Lipinski definition) is 6. The first-order chi connectivity index (χ1) is 17.1. The number of aryl methyl sites for hydroxylation is 1. The van der Waals surface area contributed by atoms with Crippen LogP contribution in [0.25, 0.3) is 5.76 Å². The molecule has 2 N–H and O–H groups in total. The van der Waals surface area contributed by atoms with Crippen LogP contribution in [0.1, 0.15) is 69.8 Å². The van der Waals surface area contributed by atoms with Crippen molar-refractivity contribution < 1.29 is 24.2 Å².